The summed E-state index contributed by atoms with van der Waals surface area (Å²) in [5.41, 5.74) is 0. The first-order valence-electron chi connectivity index (χ1n) is 0. The van der Waals surface area contributed by atoms with Crippen molar-refractivity contribution in [1.82, 2.24) is 0 Å². The predicted octanol–water partition coefficient (Wildman–Crippen LogP) is -0.924. The molecule has 0 saturated carbocycles. The summed E-state index contributed by atoms with van der Waals surface area (Å²) in [5, 5.41) is 0. The molecule has 0 nitrogen and oxygen atoms in total. The molecule has 0 atom stereocenters. The fourth-order valence-electron chi connectivity index (χ4n) is 0. The Hall–Kier alpha value is 3.96. The molecule has 0 N–H and O–H groups in total. The third kappa shape index (κ3) is 18.0. The second-order valence-electron chi connectivity index (χ2n) is 0. The average Bonchev–Trinajstić information content (AvgIpc) is 0. The van der Waals surface area contributed by atoms with Gasteiger partial charge in [0.25, 0.3) is 0 Å². The van der Waals surface area contributed by atoms with E-state index in [2.05, 4.69) is 0 Å². The zero-order valence-electron chi connectivity index (χ0n) is 2.68. The summed E-state index contributed by atoms with van der Waals surface area (Å²) < 4.78 is 0. The SMILES string of the molecule is [Cr].[Fe].[Hg].[PbH2].[U]. The molecule has 0 amide bonds. The minimum absolute atomic E-state index is 0. The van der Waals surface area contributed by atoms with E-state index in [-0.39, 0.29) is 121 Å². The number of hydrogen-bond acceptors (Lipinski definition) is 0. The van der Waals surface area contributed by atoms with Crippen LogP contribution < -0.4 is 0 Å². The molecule has 5 heavy (non-hydrogen) atoms. The molecule has 0 aliphatic rings. The maximum atomic E-state index is 0. The molecule has 0 aliphatic carbocycles. The molecule has 0 heterocycles. The van der Waals surface area contributed by atoms with E-state index in [1.54, 1.807) is 0 Å². The van der Waals surface area contributed by atoms with Crippen molar-refractivity contribution >= 4 is 27.3 Å². The van der Waals surface area contributed by atoms with Crippen LogP contribution in [0.4, 0.5) is 0 Å². The summed E-state index contributed by atoms with van der Waals surface area (Å²) in [6.07, 6.45) is 0. The minimum Gasteiger partial charge on any atom is 0 e. The van der Waals surface area contributed by atoms with Crippen molar-refractivity contribution in [2.45, 2.75) is 0 Å². The fourth-order valence-corrected chi connectivity index (χ4v) is 0. The molecule has 0 saturated heterocycles. The van der Waals surface area contributed by atoms with Gasteiger partial charge in [0.2, 0.25) is 0 Å². The van der Waals surface area contributed by atoms with Gasteiger partial charge in [-0.1, -0.05) is 0 Å². The Labute approximate surface area is 118 Å². The summed E-state index contributed by atoms with van der Waals surface area (Å²) >= 11 is 0. The minimum atomic E-state index is 0. The largest absolute Gasteiger partial charge is 0 e. The number of rotatable bonds is 0. The Kier molecular flexibility index (Phi) is 178. The van der Waals surface area contributed by atoms with Crippen molar-refractivity contribution in [3.8, 4) is 0 Å². The first-order chi connectivity index (χ1) is 0. The zero-order chi connectivity index (χ0) is 0. The molecular weight excluding hydrogens is 754 g/mol. The van der Waals surface area contributed by atoms with Crippen molar-refractivity contribution in [2.75, 3.05) is 0 Å². The first-order valence-corrected chi connectivity index (χ1v) is 0. The summed E-state index contributed by atoms with van der Waals surface area (Å²) in [5.74, 6) is 0. The van der Waals surface area contributed by atoms with Gasteiger partial charge in [0.15, 0.2) is 0 Å². The Bertz CT molecular complexity index is 11.6. The van der Waals surface area contributed by atoms with E-state index in [0.29, 0.717) is 0 Å². The predicted molar refractivity (Wildman–Crippen MR) is 8.54 cm³/mol. The smallest absolute Gasteiger partial charge is 0 e. The third-order valence-electron chi connectivity index (χ3n) is 0. The molecule has 0 fully saturated rings. The van der Waals surface area contributed by atoms with E-state index in [1.807, 2.05) is 0 Å². The van der Waals surface area contributed by atoms with Crippen LogP contribution in [0.25, 0.3) is 0 Å². The van der Waals surface area contributed by atoms with Crippen molar-refractivity contribution in [3.63, 3.8) is 0 Å². The summed E-state index contributed by atoms with van der Waals surface area (Å²) in [4.78, 5) is 0. The average molecular weight is 756 g/mol. The van der Waals surface area contributed by atoms with E-state index in [9.17, 15) is 0 Å². The number of hydrogen-bond donors (Lipinski definition) is 0. The van der Waals surface area contributed by atoms with Crippen LogP contribution in [0.2, 0.25) is 0 Å². The van der Waals surface area contributed by atoms with Gasteiger partial charge in [-0.05, 0) is 0 Å². The van der Waals surface area contributed by atoms with E-state index in [1.165, 1.54) is 0 Å². The van der Waals surface area contributed by atoms with Crippen LogP contribution in [0.15, 0.2) is 0 Å². The van der Waals surface area contributed by atoms with Gasteiger partial charge in [0.05, 0.1) is 0 Å². The molecule has 5 heteroatoms. The quantitative estimate of drug-likeness (QED) is 0.281. The van der Waals surface area contributed by atoms with Gasteiger partial charge >= 0.3 is 27.3 Å². The Balaban J connectivity index is 0. The third-order valence-corrected chi connectivity index (χ3v) is 0. The Morgan fingerprint density at radius 3 is 1.00 bits per heavy atom. The second kappa shape index (κ2) is 24.6. The molecule has 26 valence electrons. The van der Waals surface area contributed by atoms with E-state index in [0.717, 1.165) is 0 Å². The molecule has 0 aliphatic heterocycles. The van der Waals surface area contributed by atoms with Crippen LogP contribution in [-0.2, 0) is 62.1 Å². The maximum absolute atomic E-state index is 0. The van der Waals surface area contributed by atoms with Crippen molar-refractivity contribution in [3.05, 3.63) is 0 Å². The van der Waals surface area contributed by atoms with Crippen LogP contribution in [0, 0.1) is 31.1 Å². The van der Waals surface area contributed by atoms with Gasteiger partial charge in [0, 0.05) is 93.2 Å². The van der Waals surface area contributed by atoms with Crippen LogP contribution in [-0.4, -0.2) is 27.3 Å². The molecule has 0 unspecified atom stereocenters. The van der Waals surface area contributed by atoms with Crippen molar-refractivity contribution in [2.24, 2.45) is 0 Å². The van der Waals surface area contributed by atoms with Crippen molar-refractivity contribution < 1.29 is 93.2 Å². The standard InChI is InChI=1S/Cr.Fe.Hg.Pb.U.2H. The van der Waals surface area contributed by atoms with Crippen LogP contribution >= 0.6 is 0 Å². The first kappa shape index (κ1) is 36.2. The van der Waals surface area contributed by atoms with Gasteiger partial charge in [-0.2, -0.15) is 0 Å². The van der Waals surface area contributed by atoms with Crippen molar-refractivity contribution in [1.29, 1.82) is 0 Å². The van der Waals surface area contributed by atoms with E-state index < -0.39 is 0 Å². The van der Waals surface area contributed by atoms with Gasteiger partial charge in [0.1, 0.15) is 0 Å². The molecule has 0 aromatic rings. The molecule has 2 radical (unpaired) electrons. The Morgan fingerprint density at radius 1 is 1.00 bits per heavy atom. The maximum Gasteiger partial charge on any atom is 0 e. The second-order valence-corrected chi connectivity index (χ2v) is 0. The molecular formula is H2CrFeHgPbU. The molecule has 0 aromatic carbocycles. The van der Waals surface area contributed by atoms with Crippen LogP contribution in [0.3, 0.4) is 0 Å². The van der Waals surface area contributed by atoms with Crippen LogP contribution in [0.1, 0.15) is 0 Å². The normalized spacial score (nSPS) is 0. The van der Waals surface area contributed by atoms with E-state index >= 15 is 0 Å². The molecule has 0 aromatic heterocycles. The summed E-state index contributed by atoms with van der Waals surface area (Å²) in [6, 6.07) is 0. The Morgan fingerprint density at radius 2 is 1.00 bits per heavy atom. The summed E-state index contributed by atoms with van der Waals surface area (Å²) in [7, 11) is 0. The van der Waals surface area contributed by atoms with Gasteiger partial charge in [-0.3, -0.25) is 0 Å². The van der Waals surface area contributed by atoms with Crippen LogP contribution in [0.5, 0.6) is 0 Å². The zero-order valence-corrected chi connectivity index (χ0v) is 20.2. The fraction of sp³-hybridized carbons (Fsp3) is 0. The molecule has 0 bridgehead atoms. The van der Waals surface area contributed by atoms with Gasteiger partial charge < -0.3 is 0 Å². The monoisotopic (exact) mass is 758 g/mol. The topological polar surface area (TPSA) is 0 Å². The van der Waals surface area contributed by atoms with Gasteiger partial charge in [-0.25, -0.2) is 0 Å². The van der Waals surface area contributed by atoms with E-state index in [4.69, 9.17) is 0 Å². The summed E-state index contributed by atoms with van der Waals surface area (Å²) in [6.45, 7) is 0. The molecule has 0 spiro atoms. The molecule has 0 rings (SSSR count). The van der Waals surface area contributed by atoms with Gasteiger partial charge in [-0.15, -0.1) is 0 Å².